The van der Waals surface area contributed by atoms with Gasteiger partial charge in [0.1, 0.15) is 5.75 Å². The summed E-state index contributed by atoms with van der Waals surface area (Å²) >= 11 is 5.66. The van der Waals surface area contributed by atoms with Crippen LogP contribution in [0.15, 0.2) is 18.2 Å². The Morgan fingerprint density at radius 3 is 2.62 bits per heavy atom. The van der Waals surface area contributed by atoms with Crippen LogP contribution in [0.5, 0.6) is 5.75 Å². The van der Waals surface area contributed by atoms with E-state index in [0.717, 1.165) is 4.90 Å². The average molecular weight is 244 g/mol. The Morgan fingerprint density at radius 2 is 2.19 bits per heavy atom. The highest BCUT2D eigenvalue weighted by atomic mass is 35.5. The number of rotatable bonds is 4. The summed E-state index contributed by atoms with van der Waals surface area (Å²) in [5.74, 6) is -1.31. The summed E-state index contributed by atoms with van der Waals surface area (Å²) in [4.78, 5) is 22.6. The van der Waals surface area contributed by atoms with Crippen molar-refractivity contribution in [2.24, 2.45) is 0 Å². The molecule has 86 valence electrons. The molecule has 1 unspecified atom stereocenters. The fourth-order valence-electron chi connectivity index (χ4n) is 1.31. The second-order valence-corrected chi connectivity index (χ2v) is 3.63. The van der Waals surface area contributed by atoms with Crippen molar-refractivity contribution in [1.29, 1.82) is 0 Å². The van der Waals surface area contributed by atoms with Crippen LogP contribution in [-0.2, 0) is 9.59 Å². The molecular formula is C10H10ClNO4. The quantitative estimate of drug-likeness (QED) is 0.781. The lowest BCUT2D eigenvalue weighted by molar-refractivity contribution is -0.145. The van der Waals surface area contributed by atoms with E-state index in [0.29, 0.717) is 12.0 Å². The van der Waals surface area contributed by atoms with Gasteiger partial charge in [-0.25, -0.2) is 4.79 Å². The van der Waals surface area contributed by atoms with Crippen molar-refractivity contribution < 1.29 is 19.8 Å². The summed E-state index contributed by atoms with van der Waals surface area (Å²) in [7, 11) is 1.35. The molecule has 0 saturated carbocycles. The number of halogens is 1. The van der Waals surface area contributed by atoms with E-state index in [1.807, 2.05) is 0 Å². The number of hydrogen-bond acceptors (Lipinski definition) is 3. The van der Waals surface area contributed by atoms with Crippen molar-refractivity contribution in [1.82, 2.24) is 4.90 Å². The van der Waals surface area contributed by atoms with Gasteiger partial charge in [0.05, 0.1) is 5.02 Å². The third-order valence-corrected chi connectivity index (χ3v) is 2.40. The molecule has 2 N–H and O–H groups in total. The van der Waals surface area contributed by atoms with E-state index >= 15 is 0 Å². The van der Waals surface area contributed by atoms with Crippen LogP contribution < -0.4 is 0 Å². The van der Waals surface area contributed by atoms with Gasteiger partial charge in [-0.05, 0) is 17.7 Å². The van der Waals surface area contributed by atoms with Gasteiger partial charge in [-0.3, -0.25) is 4.79 Å². The van der Waals surface area contributed by atoms with Crippen LogP contribution in [0.25, 0.3) is 0 Å². The number of aliphatic carboxylic acids is 1. The molecule has 16 heavy (non-hydrogen) atoms. The van der Waals surface area contributed by atoms with Gasteiger partial charge in [-0.1, -0.05) is 17.7 Å². The first kappa shape index (κ1) is 12.3. The number of carbonyl (C=O) groups is 2. The van der Waals surface area contributed by atoms with Gasteiger partial charge < -0.3 is 15.1 Å². The number of phenols is 1. The SMILES string of the molecule is CN(C=O)C(C(=O)O)c1ccc(O)c(Cl)c1. The van der Waals surface area contributed by atoms with Gasteiger partial charge in [-0.2, -0.15) is 0 Å². The van der Waals surface area contributed by atoms with Crippen molar-refractivity contribution in [3.8, 4) is 5.75 Å². The summed E-state index contributed by atoms with van der Waals surface area (Å²) in [5.41, 5.74) is 0.324. The Hall–Kier alpha value is -1.75. The maximum absolute atomic E-state index is 11.0. The van der Waals surface area contributed by atoms with Crippen molar-refractivity contribution in [2.45, 2.75) is 6.04 Å². The van der Waals surface area contributed by atoms with E-state index in [4.69, 9.17) is 16.7 Å². The highest BCUT2D eigenvalue weighted by molar-refractivity contribution is 6.32. The Morgan fingerprint density at radius 1 is 1.56 bits per heavy atom. The second kappa shape index (κ2) is 4.85. The molecule has 0 bridgehead atoms. The van der Waals surface area contributed by atoms with Crippen molar-refractivity contribution >= 4 is 24.0 Å². The fraction of sp³-hybridized carbons (Fsp3) is 0.200. The molecule has 0 spiro atoms. The average Bonchev–Trinajstić information content (AvgIpc) is 2.22. The first-order valence-corrected chi connectivity index (χ1v) is 4.73. The zero-order chi connectivity index (χ0) is 12.3. The molecule has 0 fully saturated rings. The van der Waals surface area contributed by atoms with Crippen LogP contribution in [0.2, 0.25) is 5.02 Å². The smallest absolute Gasteiger partial charge is 0.331 e. The number of carbonyl (C=O) groups excluding carboxylic acids is 1. The zero-order valence-electron chi connectivity index (χ0n) is 8.42. The first-order chi connectivity index (χ1) is 7.47. The molecule has 1 rings (SSSR count). The van der Waals surface area contributed by atoms with Crippen LogP contribution in [0, 0.1) is 0 Å². The molecule has 0 radical (unpaired) electrons. The highest BCUT2D eigenvalue weighted by Crippen LogP contribution is 2.28. The molecular weight excluding hydrogens is 234 g/mol. The van der Waals surface area contributed by atoms with Gasteiger partial charge in [0.25, 0.3) is 0 Å². The van der Waals surface area contributed by atoms with Gasteiger partial charge in [0.15, 0.2) is 6.04 Å². The normalized spacial score (nSPS) is 11.9. The first-order valence-electron chi connectivity index (χ1n) is 4.36. The Balaban J connectivity index is 3.16. The van der Waals surface area contributed by atoms with Crippen molar-refractivity contribution in [2.75, 3.05) is 7.05 Å². The number of benzene rings is 1. The molecule has 0 aliphatic rings. The molecule has 1 atom stereocenters. The minimum atomic E-state index is -1.17. The maximum Gasteiger partial charge on any atom is 0.331 e. The summed E-state index contributed by atoms with van der Waals surface area (Å²) < 4.78 is 0. The molecule has 0 aliphatic carbocycles. The molecule has 0 aromatic heterocycles. The monoisotopic (exact) mass is 243 g/mol. The molecule has 0 aliphatic heterocycles. The minimum Gasteiger partial charge on any atom is -0.506 e. The number of phenolic OH excluding ortho intramolecular Hbond substituents is 1. The van der Waals surface area contributed by atoms with Crippen molar-refractivity contribution in [3.63, 3.8) is 0 Å². The minimum absolute atomic E-state index is 0.0445. The van der Waals surface area contributed by atoms with E-state index in [9.17, 15) is 14.7 Å². The number of amides is 1. The van der Waals surface area contributed by atoms with E-state index in [2.05, 4.69) is 0 Å². The molecule has 1 amide bonds. The molecule has 0 heterocycles. The largest absolute Gasteiger partial charge is 0.506 e. The van der Waals surface area contributed by atoms with Crippen LogP contribution >= 0.6 is 11.6 Å². The standard InChI is InChI=1S/C10H10ClNO4/c1-12(5-13)9(10(15)16)6-2-3-8(14)7(11)4-6/h2-5,9,14H,1H3,(H,15,16). The van der Waals surface area contributed by atoms with Gasteiger partial charge in [0, 0.05) is 7.05 Å². The summed E-state index contributed by atoms with van der Waals surface area (Å²) in [6.45, 7) is 0. The molecule has 0 saturated heterocycles. The Bertz CT molecular complexity index is 421. The maximum atomic E-state index is 11.0. The Labute approximate surface area is 96.9 Å². The van der Waals surface area contributed by atoms with Crippen molar-refractivity contribution in [3.05, 3.63) is 28.8 Å². The van der Waals surface area contributed by atoms with Crippen LogP contribution in [0.3, 0.4) is 0 Å². The Kier molecular flexibility index (Phi) is 3.73. The lowest BCUT2D eigenvalue weighted by Gasteiger charge is -2.20. The number of carboxylic acids is 1. The molecule has 5 nitrogen and oxygen atoms in total. The predicted octanol–water partition coefficient (Wildman–Crippen LogP) is 1.26. The van der Waals surface area contributed by atoms with Gasteiger partial charge in [0.2, 0.25) is 6.41 Å². The van der Waals surface area contributed by atoms with Gasteiger partial charge >= 0.3 is 5.97 Å². The van der Waals surface area contributed by atoms with Crippen LogP contribution in [0.4, 0.5) is 0 Å². The summed E-state index contributed by atoms with van der Waals surface area (Å²) in [6, 6.07) is 2.89. The second-order valence-electron chi connectivity index (χ2n) is 3.22. The predicted molar refractivity (Wildman–Crippen MR) is 57.3 cm³/mol. The third kappa shape index (κ3) is 2.43. The number of hydrogen-bond donors (Lipinski definition) is 2. The van der Waals surface area contributed by atoms with E-state index < -0.39 is 12.0 Å². The lowest BCUT2D eigenvalue weighted by Crippen LogP contribution is -2.29. The van der Waals surface area contributed by atoms with E-state index in [1.54, 1.807) is 0 Å². The number of nitrogens with zero attached hydrogens (tertiary/aromatic N) is 1. The topological polar surface area (TPSA) is 77.8 Å². The number of carboxylic acid groups (broad SMARTS) is 1. The van der Waals surface area contributed by atoms with Crippen LogP contribution in [0.1, 0.15) is 11.6 Å². The summed E-state index contributed by atoms with van der Waals surface area (Å²) in [5, 5.41) is 18.2. The third-order valence-electron chi connectivity index (χ3n) is 2.09. The fourth-order valence-corrected chi connectivity index (χ4v) is 1.49. The summed E-state index contributed by atoms with van der Waals surface area (Å²) in [6.07, 6.45) is 0.416. The number of aromatic hydroxyl groups is 1. The van der Waals surface area contributed by atoms with E-state index in [-0.39, 0.29) is 10.8 Å². The molecule has 6 heteroatoms. The van der Waals surface area contributed by atoms with Gasteiger partial charge in [-0.15, -0.1) is 0 Å². The van der Waals surface area contributed by atoms with E-state index in [1.165, 1.54) is 25.2 Å². The number of likely N-dealkylation sites (N-methyl/N-ethyl adjacent to an activating group) is 1. The lowest BCUT2D eigenvalue weighted by atomic mass is 10.1. The zero-order valence-corrected chi connectivity index (χ0v) is 9.18. The molecule has 1 aromatic rings. The molecule has 1 aromatic carbocycles. The van der Waals surface area contributed by atoms with Crippen LogP contribution in [-0.4, -0.2) is 34.5 Å². The highest BCUT2D eigenvalue weighted by Gasteiger charge is 2.24.